The highest BCUT2D eigenvalue weighted by Crippen LogP contribution is 2.25. The summed E-state index contributed by atoms with van der Waals surface area (Å²) in [7, 11) is 1.69. The van der Waals surface area contributed by atoms with Crippen molar-refractivity contribution >= 4 is 11.8 Å². The molecule has 45 heavy (non-hydrogen) atoms. The van der Waals surface area contributed by atoms with Crippen LogP contribution in [0.15, 0.2) is 18.2 Å². The summed E-state index contributed by atoms with van der Waals surface area (Å²) in [5.41, 5.74) is 8.12. The first-order valence-electron chi connectivity index (χ1n) is 17.1. The van der Waals surface area contributed by atoms with Crippen LogP contribution in [0.2, 0.25) is 0 Å². The number of nitrogens with zero attached hydrogens (tertiary/aromatic N) is 1. The van der Waals surface area contributed by atoms with Crippen LogP contribution in [0, 0.1) is 23.7 Å². The minimum Gasteiger partial charge on any atom is -0.493 e. The van der Waals surface area contributed by atoms with Crippen molar-refractivity contribution in [3.05, 3.63) is 29.3 Å². The van der Waals surface area contributed by atoms with E-state index in [4.69, 9.17) is 19.9 Å². The third-order valence-electron chi connectivity index (χ3n) is 8.80. The number of aliphatic hydroxyl groups excluding tert-OH is 1. The summed E-state index contributed by atoms with van der Waals surface area (Å²) >= 11 is 0. The fraction of sp³-hybridized carbons (Fsp3) is 0.771. The molecule has 1 aliphatic heterocycles. The van der Waals surface area contributed by atoms with Gasteiger partial charge in [0.15, 0.2) is 0 Å². The van der Waals surface area contributed by atoms with Gasteiger partial charge in [0, 0.05) is 58.4 Å². The van der Waals surface area contributed by atoms with Gasteiger partial charge in [0.05, 0.1) is 31.5 Å². The topological polar surface area (TPSA) is 135 Å². The number of hydrogen-bond donors (Lipinski definition) is 4. The molecule has 10 nitrogen and oxygen atoms in total. The Balaban J connectivity index is 2.04. The maximum atomic E-state index is 13.5. The Hall–Kier alpha value is -2.24. The first-order valence-corrected chi connectivity index (χ1v) is 17.1. The van der Waals surface area contributed by atoms with Gasteiger partial charge in [-0.1, -0.05) is 47.1 Å². The number of amides is 2. The zero-order chi connectivity index (χ0) is 33.2. The molecule has 1 fully saturated rings. The van der Waals surface area contributed by atoms with Gasteiger partial charge in [-0.15, -0.1) is 0 Å². The Kier molecular flexibility index (Phi) is 18.6. The minimum atomic E-state index is -0.816. The van der Waals surface area contributed by atoms with Crippen LogP contribution in [-0.2, 0) is 20.8 Å². The summed E-state index contributed by atoms with van der Waals surface area (Å²) in [6, 6.07) is 5.32. The van der Waals surface area contributed by atoms with Crippen LogP contribution in [0.1, 0.15) is 89.1 Å². The highest BCUT2D eigenvalue weighted by Gasteiger charge is 2.30. The van der Waals surface area contributed by atoms with Crippen LogP contribution in [0.4, 0.5) is 0 Å². The molecule has 0 aromatic heterocycles. The van der Waals surface area contributed by atoms with Crippen molar-refractivity contribution in [1.82, 2.24) is 15.5 Å². The van der Waals surface area contributed by atoms with E-state index in [-0.39, 0.29) is 35.5 Å². The van der Waals surface area contributed by atoms with Gasteiger partial charge in [-0.05, 0) is 67.6 Å². The molecule has 0 saturated carbocycles. The van der Waals surface area contributed by atoms with E-state index < -0.39 is 12.1 Å². The van der Waals surface area contributed by atoms with Gasteiger partial charge >= 0.3 is 0 Å². The quantitative estimate of drug-likeness (QED) is 0.141. The first-order chi connectivity index (χ1) is 21.6. The van der Waals surface area contributed by atoms with Gasteiger partial charge in [-0.25, -0.2) is 0 Å². The second kappa shape index (κ2) is 21.5. The van der Waals surface area contributed by atoms with Crippen LogP contribution in [0.25, 0.3) is 0 Å². The SMILES string of the molecule is CCCCNC(=O)[C@@H](C[C@H](O)C(N)CC(CNC(=O)c1ccc(CN2CCOCC2)cc1OCCCCOC)C(C)C)C(C)C. The first kappa shape index (κ1) is 38.9. The lowest BCUT2D eigenvalue weighted by molar-refractivity contribution is -0.127. The Morgan fingerprint density at radius 2 is 1.73 bits per heavy atom. The van der Waals surface area contributed by atoms with Gasteiger partial charge in [0.1, 0.15) is 5.75 Å². The molecule has 2 unspecified atom stereocenters. The fourth-order valence-electron chi connectivity index (χ4n) is 5.57. The van der Waals surface area contributed by atoms with Crippen LogP contribution in [0.5, 0.6) is 5.75 Å². The predicted molar refractivity (Wildman–Crippen MR) is 179 cm³/mol. The summed E-state index contributed by atoms with van der Waals surface area (Å²) < 4.78 is 16.8. The third kappa shape index (κ3) is 14.4. The number of carbonyl (C=O) groups is 2. The zero-order valence-corrected chi connectivity index (χ0v) is 28.8. The van der Waals surface area contributed by atoms with E-state index >= 15 is 0 Å². The fourth-order valence-corrected chi connectivity index (χ4v) is 5.57. The standard InChI is InChI=1S/C35H62N4O6/c1-7-8-13-37-35(42)30(26(4)5)22-32(40)31(36)21-28(25(2)3)23-38-34(41)29-12-11-27(24-39-14-18-44-19-15-39)20-33(29)45-17-10-9-16-43-6/h11-12,20,25-26,28,30-32,40H,7-10,13-19,21-24,36H2,1-6H3,(H,37,42)(H,38,41)/t28?,30-,31?,32-/m0/s1. The molecular weight excluding hydrogens is 572 g/mol. The van der Waals surface area contributed by atoms with Crippen LogP contribution >= 0.6 is 0 Å². The van der Waals surface area contributed by atoms with Gasteiger partial charge in [0.2, 0.25) is 5.91 Å². The lowest BCUT2D eigenvalue weighted by Gasteiger charge is -2.30. The number of carbonyl (C=O) groups excluding carboxylic acids is 2. The number of rotatable bonds is 22. The number of nitrogens with two attached hydrogens (primary N) is 1. The van der Waals surface area contributed by atoms with Crippen LogP contribution in [0.3, 0.4) is 0 Å². The molecule has 0 spiro atoms. The molecule has 2 rings (SSSR count). The summed E-state index contributed by atoms with van der Waals surface area (Å²) in [6.45, 7) is 16.5. The van der Waals surface area contributed by atoms with Gasteiger partial charge in [0.25, 0.3) is 5.91 Å². The van der Waals surface area contributed by atoms with E-state index in [9.17, 15) is 14.7 Å². The summed E-state index contributed by atoms with van der Waals surface area (Å²) in [5, 5.41) is 17.2. The van der Waals surface area contributed by atoms with Crippen molar-refractivity contribution in [3.63, 3.8) is 0 Å². The molecule has 10 heteroatoms. The molecule has 0 radical (unpaired) electrons. The molecule has 1 aromatic rings. The number of benzene rings is 1. The number of hydrogen-bond acceptors (Lipinski definition) is 8. The molecule has 2 amide bonds. The number of nitrogens with one attached hydrogen (secondary N) is 2. The second-order valence-electron chi connectivity index (χ2n) is 13.2. The Bertz CT molecular complexity index is 985. The molecular formula is C35H62N4O6. The maximum absolute atomic E-state index is 13.5. The van der Waals surface area contributed by atoms with Crippen molar-refractivity contribution in [2.75, 3.05) is 59.7 Å². The smallest absolute Gasteiger partial charge is 0.255 e. The molecule has 1 aliphatic rings. The zero-order valence-electron chi connectivity index (χ0n) is 28.8. The van der Waals surface area contributed by atoms with Crippen molar-refractivity contribution in [1.29, 1.82) is 0 Å². The number of methoxy groups -OCH3 is 1. The maximum Gasteiger partial charge on any atom is 0.255 e. The van der Waals surface area contributed by atoms with Crippen molar-refractivity contribution in [2.45, 2.75) is 91.8 Å². The summed E-state index contributed by atoms with van der Waals surface area (Å²) in [6.07, 6.45) is 3.69. The van der Waals surface area contributed by atoms with Gasteiger partial charge < -0.3 is 35.7 Å². The average Bonchev–Trinajstić information content (AvgIpc) is 3.01. The molecule has 258 valence electrons. The van der Waals surface area contributed by atoms with Crippen LogP contribution in [-0.4, -0.2) is 93.7 Å². The Labute approximate surface area is 272 Å². The monoisotopic (exact) mass is 634 g/mol. The van der Waals surface area contributed by atoms with E-state index in [0.717, 1.165) is 64.1 Å². The number of unbranched alkanes of at least 4 members (excludes halogenated alkanes) is 2. The summed E-state index contributed by atoms with van der Waals surface area (Å²) in [4.78, 5) is 28.6. The van der Waals surface area contributed by atoms with Gasteiger partial charge in [-0.3, -0.25) is 14.5 Å². The molecule has 1 aromatic carbocycles. The van der Waals surface area contributed by atoms with E-state index in [0.29, 0.717) is 50.5 Å². The van der Waals surface area contributed by atoms with E-state index in [1.165, 1.54) is 0 Å². The lowest BCUT2D eigenvalue weighted by atomic mass is 9.83. The van der Waals surface area contributed by atoms with E-state index in [2.05, 4.69) is 36.3 Å². The summed E-state index contributed by atoms with van der Waals surface area (Å²) in [5.74, 6) is 0.432. The predicted octanol–water partition coefficient (Wildman–Crippen LogP) is 3.98. The van der Waals surface area contributed by atoms with Gasteiger partial charge in [-0.2, -0.15) is 0 Å². The lowest BCUT2D eigenvalue weighted by Crippen LogP contribution is -2.44. The highest BCUT2D eigenvalue weighted by atomic mass is 16.5. The largest absolute Gasteiger partial charge is 0.493 e. The molecule has 5 N–H and O–H groups in total. The normalized spacial score (nSPS) is 16.8. The Morgan fingerprint density at radius 1 is 1.02 bits per heavy atom. The average molecular weight is 635 g/mol. The molecule has 1 heterocycles. The van der Waals surface area contributed by atoms with Crippen LogP contribution < -0.4 is 21.1 Å². The number of ether oxygens (including phenoxy) is 3. The number of aliphatic hydroxyl groups is 1. The second-order valence-corrected chi connectivity index (χ2v) is 13.2. The molecule has 0 aliphatic carbocycles. The van der Waals surface area contributed by atoms with E-state index in [1.54, 1.807) is 7.11 Å². The van der Waals surface area contributed by atoms with E-state index in [1.807, 2.05) is 32.0 Å². The highest BCUT2D eigenvalue weighted by molar-refractivity contribution is 5.97. The molecule has 1 saturated heterocycles. The third-order valence-corrected chi connectivity index (χ3v) is 8.80. The van der Waals surface area contributed by atoms with Crippen molar-refractivity contribution in [3.8, 4) is 5.75 Å². The minimum absolute atomic E-state index is 0.0231. The molecule has 0 bridgehead atoms. The Morgan fingerprint density at radius 3 is 2.38 bits per heavy atom. The number of morpholine rings is 1. The van der Waals surface area contributed by atoms with Crippen molar-refractivity contribution < 1.29 is 28.9 Å². The van der Waals surface area contributed by atoms with Crippen molar-refractivity contribution in [2.24, 2.45) is 29.4 Å². The molecule has 4 atom stereocenters.